The van der Waals surface area contributed by atoms with Gasteiger partial charge in [0.05, 0.1) is 10.6 Å². The lowest BCUT2D eigenvalue weighted by Gasteiger charge is -2.30. The molecule has 126 valence electrons. The van der Waals surface area contributed by atoms with Crippen LogP contribution in [0.3, 0.4) is 0 Å². The van der Waals surface area contributed by atoms with Crippen molar-refractivity contribution in [2.24, 2.45) is 0 Å². The van der Waals surface area contributed by atoms with E-state index in [0.717, 1.165) is 5.56 Å². The molecule has 0 amide bonds. The number of hydrogen-bond acceptors (Lipinski definition) is 5. The van der Waals surface area contributed by atoms with Crippen LogP contribution in [0.25, 0.3) is 0 Å². The molecular weight excluding hydrogens is 328 g/mol. The summed E-state index contributed by atoms with van der Waals surface area (Å²) >= 11 is 0. The third kappa shape index (κ3) is 2.27. The summed E-state index contributed by atoms with van der Waals surface area (Å²) in [5.41, 5.74) is 0.954. The van der Waals surface area contributed by atoms with Crippen molar-refractivity contribution >= 4 is 15.7 Å². The quantitative estimate of drug-likeness (QED) is 0.799. The molecule has 1 fully saturated rings. The van der Waals surface area contributed by atoms with Crippen molar-refractivity contribution in [3.8, 4) is 5.75 Å². The van der Waals surface area contributed by atoms with Gasteiger partial charge in [-0.15, -0.1) is 0 Å². The fourth-order valence-corrected chi connectivity index (χ4v) is 4.30. The summed E-state index contributed by atoms with van der Waals surface area (Å²) in [7, 11) is -2.14. The third-order valence-corrected chi connectivity index (χ3v) is 6.30. The fraction of sp³-hybridized carbons (Fsp3) is 0.353. The Labute approximate surface area is 141 Å². The van der Waals surface area contributed by atoms with Crippen LogP contribution >= 0.6 is 0 Å². The second-order valence-electron chi connectivity index (χ2n) is 6.56. The molecule has 0 aliphatic carbocycles. The molecule has 4 rings (SSSR count). The van der Waals surface area contributed by atoms with E-state index in [-0.39, 0.29) is 17.1 Å². The molecule has 0 N–H and O–H groups in total. The van der Waals surface area contributed by atoms with Crippen molar-refractivity contribution < 1.29 is 17.9 Å². The average molecular weight is 346 g/mol. The van der Waals surface area contributed by atoms with E-state index < -0.39 is 15.6 Å². The van der Waals surface area contributed by atoms with Crippen LogP contribution in [0.15, 0.2) is 47.6 Å². The highest BCUT2D eigenvalue weighted by atomic mass is 32.2. The van der Waals surface area contributed by atoms with Gasteiger partial charge in [-0.25, -0.2) is 8.42 Å². The van der Waals surface area contributed by atoms with Crippen molar-refractivity contribution in [3.63, 3.8) is 0 Å². The second kappa shape index (κ2) is 4.94. The number of pyridine rings is 1. The van der Waals surface area contributed by atoms with Crippen LogP contribution in [-0.4, -0.2) is 32.2 Å². The Bertz CT molecular complexity index is 896. The van der Waals surface area contributed by atoms with Crippen molar-refractivity contribution in [2.75, 3.05) is 11.4 Å². The largest absolute Gasteiger partial charge is 0.485 e. The summed E-state index contributed by atoms with van der Waals surface area (Å²) in [6, 6.07) is 8.25. The van der Waals surface area contributed by atoms with Gasteiger partial charge in [-0.1, -0.05) is 0 Å². The van der Waals surface area contributed by atoms with Gasteiger partial charge in [-0.05, 0) is 44.2 Å². The predicted molar refractivity (Wildman–Crippen MR) is 88.6 cm³/mol. The van der Waals surface area contributed by atoms with Crippen LogP contribution in [0.1, 0.15) is 25.5 Å². The first-order valence-electron chi connectivity index (χ1n) is 7.68. The molecule has 1 aromatic heterocycles. The lowest BCUT2D eigenvalue weighted by molar-refractivity contribution is 0.0724. The second-order valence-corrected chi connectivity index (χ2v) is 8.53. The molecule has 0 bridgehead atoms. The number of ether oxygens (including phenoxy) is 2. The zero-order valence-corrected chi connectivity index (χ0v) is 14.4. The monoisotopic (exact) mass is 346 g/mol. The van der Waals surface area contributed by atoms with Gasteiger partial charge < -0.3 is 9.47 Å². The maximum Gasteiger partial charge on any atom is 0.264 e. The Balaban J connectivity index is 1.72. The maximum atomic E-state index is 12.9. The minimum Gasteiger partial charge on any atom is -0.485 e. The van der Waals surface area contributed by atoms with E-state index in [4.69, 9.17) is 9.47 Å². The number of nitrogens with zero attached hydrogens (tertiary/aromatic N) is 2. The summed E-state index contributed by atoms with van der Waals surface area (Å²) in [5, 5.41) is 0. The zero-order valence-electron chi connectivity index (χ0n) is 13.6. The van der Waals surface area contributed by atoms with Gasteiger partial charge in [0.25, 0.3) is 10.0 Å². The number of aromatic nitrogens is 1. The topological polar surface area (TPSA) is 72.0 Å². The highest BCUT2D eigenvalue weighted by Crippen LogP contribution is 2.54. The fourth-order valence-electron chi connectivity index (χ4n) is 3.07. The first-order chi connectivity index (χ1) is 11.3. The lowest BCUT2D eigenvalue weighted by atomic mass is 9.94. The van der Waals surface area contributed by atoms with Crippen LogP contribution < -0.4 is 9.04 Å². The Morgan fingerprint density at radius 3 is 2.58 bits per heavy atom. The summed E-state index contributed by atoms with van der Waals surface area (Å²) < 4.78 is 38.7. The zero-order chi connectivity index (χ0) is 17.1. The molecule has 0 spiro atoms. The molecule has 2 aromatic rings. The van der Waals surface area contributed by atoms with Crippen molar-refractivity contribution in [1.29, 1.82) is 0 Å². The summed E-state index contributed by atoms with van der Waals surface area (Å²) in [4.78, 5) is 4.14. The number of rotatable bonds is 3. The van der Waals surface area contributed by atoms with Crippen LogP contribution in [0.4, 0.5) is 5.69 Å². The number of epoxide rings is 1. The van der Waals surface area contributed by atoms with E-state index in [0.29, 0.717) is 11.4 Å². The van der Waals surface area contributed by atoms with Crippen molar-refractivity contribution in [2.45, 2.75) is 36.6 Å². The minimum absolute atomic E-state index is 0.0270. The van der Waals surface area contributed by atoms with Gasteiger partial charge >= 0.3 is 0 Å². The lowest BCUT2D eigenvalue weighted by Crippen LogP contribution is -2.37. The minimum atomic E-state index is -3.66. The van der Waals surface area contributed by atoms with Crippen LogP contribution in [-0.2, 0) is 14.8 Å². The molecular formula is C17H18N2O4S. The molecule has 7 heteroatoms. The smallest absolute Gasteiger partial charge is 0.264 e. The van der Waals surface area contributed by atoms with E-state index in [2.05, 4.69) is 4.98 Å². The number of benzene rings is 1. The molecule has 1 aromatic carbocycles. The number of anilines is 1. The van der Waals surface area contributed by atoms with Gasteiger partial charge in [-0.2, -0.15) is 0 Å². The molecule has 2 atom stereocenters. The number of sulfonamides is 1. The summed E-state index contributed by atoms with van der Waals surface area (Å²) in [6.07, 6.45) is 3.01. The van der Waals surface area contributed by atoms with E-state index in [1.807, 2.05) is 13.8 Å². The number of fused-ring (bicyclic) bond motifs is 3. The Morgan fingerprint density at radius 1 is 1.17 bits per heavy atom. The van der Waals surface area contributed by atoms with Gasteiger partial charge in [0.1, 0.15) is 23.6 Å². The molecule has 3 heterocycles. The molecule has 1 saturated heterocycles. The van der Waals surface area contributed by atoms with E-state index >= 15 is 0 Å². The van der Waals surface area contributed by atoms with E-state index in [1.54, 1.807) is 42.7 Å². The summed E-state index contributed by atoms with van der Waals surface area (Å²) in [6.45, 7) is 3.95. The van der Waals surface area contributed by atoms with Gasteiger partial charge in [0.15, 0.2) is 0 Å². The predicted octanol–water partition coefficient (Wildman–Crippen LogP) is 2.52. The van der Waals surface area contributed by atoms with Crippen LogP contribution in [0.2, 0.25) is 0 Å². The number of hydrogen-bond donors (Lipinski definition) is 0. The van der Waals surface area contributed by atoms with Crippen LogP contribution in [0.5, 0.6) is 5.75 Å². The Hall–Kier alpha value is -2.12. The average Bonchev–Trinajstić information content (AvgIpc) is 3.36. The molecule has 2 aliphatic heterocycles. The van der Waals surface area contributed by atoms with Gasteiger partial charge in [-0.3, -0.25) is 9.29 Å². The SMILES string of the molecule is CN(c1ccncc1)S(=O)(=O)c1ccc2c(c1)C1OC1C(C)(C)O2. The molecule has 2 aliphatic rings. The Morgan fingerprint density at radius 2 is 1.88 bits per heavy atom. The molecule has 6 nitrogen and oxygen atoms in total. The molecule has 2 unspecified atom stereocenters. The highest BCUT2D eigenvalue weighted by molar-refractivity contribution is 7.92. The van der Waals surface area contributed by atoms with Gasteiger partial charge in [0.2, 0.25) is 0 Å². The molecule has 24 heavy (non-hydrogen) atoms. The normalized spacial score (nSPS) is 23.6. The first kappa shape index (κ1) is 15.4. The van der Waals surface area contributed by atoms with Crippen molar-refractivity contribution in [1.82, 2.24) is 4.98 Å². The molecule has 0 saturated carbocycles. The molecule has 0 radical (unpaired) electrons. The van der Waals surface area contributed by atoms with E-state index in [9.17, 15) is 8.42 Å². The van der Waals surface area contributed by atoms with Gasteiger partial charge in [0, 0.05) is 25.0 Å². The maximum absolute atomic E-state index is 12.9. The standard InChI is InChI=1S/C17H18N2O4S/c1-17(2)16-15(22-16)13-10-12(4-5-14(13)23-17)24(20,21)19(3)11-6-8-18-9-7-11/h4-10,15-16H,1-3H3. The summed E-state index contributed by atoms with van der Waals surface area (Å²) in [5.74, 6) is 0.685. The van der Waals surface area contributed by atoms with Crippen molar-refractivity contribution in [3.05, 3.63) is 48.3 Å². The van der Waals surface area contributed by atoms with E-state index in [1.165, 1.54) is 11.4 Å². The Kier molecular flexibility index (Phi) is 3.17. The highest BCUT2D eigenvalue weighted by Gasteiger charge is 2.56. The first-order valence-corrected chi connectivity index (χ1v) is 9.12. The third-order valence-electron chi connectivity index (χ3n) is 4.52. The van der Waals surface area contributed by atoms with Crippen LogP contribution in [0, 0.1) is 0 Å².